The highest BCUT2D eigenvalue weighted by atomic mass is 19.1. The third-order valence-corrected chi connectivity index (χ3v) is 5.58. The Bertz CT molecular complexity index is 1620. The van der Waals surface area contributed by atoms with Gasteiger partial charge in [-0.25, -0.2) is 18.7 Å². The second kappa shape index (κ2) is 8.49. The number of hydrogen-bond acceptors (Lipinski definition) is 6. The van der Waals surface area contributed by atoms with Crippen LogP contribution in [-0.4, -0.2) is 29.5 Å². The number of nitrogens with one attached hydrogen (secondary N) is 2. The maximum atomic E-state index is 14.1. The summed E-state index contributed by atoms with van der Waals surface area (Å²) in [4.78, 5) is 16.6. The van der Waals surface area contributed by atoms with Gasteiger partial charge >= 0.3 is 0 Å². The summed E-state index contributed by atoms with van der Waals surface area (Å²) in [6.07, 6.45) is 4.80. The number of pyridine rings is 1. The van der Waals surface area contributed by atoms with Crippen LogP contribution in [0.15, 0.2) is 84.0 Å². The molecule has 0 unspecified atom stereocenters. The standard InChI is InChI=1S/C25H17F2N7O/c26-17-8-5-15(6-9-17)23-24(32-21(31-23)12-28-19-4-2-1-3-18(19)27)16-7-10-22-29-11-20(34(22)13-16)25-30-14-35-33-25/h1-11,13-14,28H,12H2,(H,31,32). The molecule has 0 aliphatic heterocycles. The van der Waals surface area contributed by atoms with E-state index in [1.54, 1.807) is 36.5 Å². The first-order valence-corrected chi connectivity index (χ1v) is 10.7. The van der Waals surface area contributed by atoms with Crippen LogP contribution in [0.25, 0.3) is 39.7 Å². The molecule has 2 N–H and O–H groups in total. The third kappa shape index (κ3) is 3.90. The monoisotopic (exact) mass is 469 g/mol. The summed E-state index contributed by atoms with van der Waals surface area (Å²) in [5.74, 6) is 0.315. The Morgan fingerprint density at radius 3 is 2.57 bits per heavy atom. The molecule has 0 saturated carbocycles. The molecule has 0 aliphatic rings. The lowest BCUT2D eigenvalue weighted by molar-refractivity contribution is 0.418. The number of nitrogens with zero attached hydrogens (tertiary/aromatic N) is 5. The zero-order chi connectivity index (χ0) is 23.8. The van der Waals surface area contributed by atoms with Crippen molar-refractivity contribution in [2.45, 2.75) is 6.54 Å². The molecule has 0 saturated heterocycles. The summed E-state index contributed by atoms with van der Waals surface area (Å²) < 4.78 is 34.4. The second-order valence-electron chi connectivity index (χ2n) is 7.79. The number of H-pyrrole nitrogens is 1. The smallest absolute Gasteiger partial charge is 0.220 e. The first-order chi connectivity index (χ1) is 17.2. The minimum Gasteiger partial charge on any atom is -0.375 e. The Hall–Kier alpha value is -4.86. The van der Waals surface area contributed by atoms with Crippen molar-refractivity contribution in [1.29, 1.82) is 0 Å². The molecule has 35 heavy (non-hydrogen) atoms. The van der Waals surface area contributed by atoms with Crippen molar-refractivity contribution in [3.63, 3.8) is 0 Å². The van der Waals surface area contributed by atoms with E-state index in [0.717, 1.165) is 11.1 Å². The van der Waals surface area contributed by atoms with E-state index >= 15 is 0 Å². The normalized spacial score (nSPS) is 11.3. The van der Waals surface area contributed by atoms with Crippen LogP contribution >= 0.6 is 0 Å². The Balaban J connectivity index is 1.43. The average Bonchev–Trinajstić information content (AvgIpc) is 3.63. The number of aromatic amines is 1. The van der Waals surface area contributed by atoms with E-state index in [1.807, 2.05) is 22.7 Å². The molecular formula is C25H17F2N7O. The van der Waals surface area contributed by atoms with E-state index in [2.05, 4.69) is 25.4 Å². The summed E-state index contributed by atoms with van der Waals surface area (Å²) >= 11 is 0. The number of imidazole rings is 2. The Morgan fingerprint density at radius 1 is 0.943 bits per heavy atom. The van der Waals surface area contributed by atoms with Crippen LogP contribution in [0.2, 0.25) is 0 Å². The van der Waals surface area contributed by atoms with Gasteiger partial charge in [-0.15, -0.1) is 0 Å². The molecule has 10 heteroatoms. The highest BCUT2D eigenvalue weighted by Gasteiger charge is 2.17. The number of hydrogen-bond donors (Lipinski definition) is 2. The zero-order valence-electron chi connectivity index (χ0n) is 18.1. The Labute approximate surface area is 197 Å². The molecule has 4 heterocycles. The van der Waals surface area contributed by atoms with Crippen molar-refractivity contribution in [3.8, 4) is 34.0 Å². The van der Waals surface area contributed by atoms with Crippen LogP contribution in [-0.2, 0) is 6.54 Å². The maximum Gasteiger partial charge on any atom is 0.220 e. The van der Waals surface area contributed by atoms with Gasteiger partial charge in [0, 0.05) is 17.3 Å². The molecule has 8 nitrogen and oxygen atoms in total. The van der Waals surface area contributed by atoms with Gasteiger partial charge in [0.15, 0.2) is 0 Å². The first kappa shape index (κ1) is 20.7. The number of anilines is 1. The summed E-state index contributed by atoms with van der Waals surface area (Å²) in [5, 5.41) is 6.97. The number of rotatable bonds is 6. The van der Waals surface area contributed by atoms with Crippen molar-refractivity contribution in [2.24, 2.45) is 0 Å². The summed E-state index contributed by atoms with van der Waals surface area (Å²) in [5.41, 5.74) is 4.64. The molecule has 4 aromatic heterocycles. The number of benzene rings is 2. The molecular weight excluding hydrogens is 452 g/mol. The minimum atomic E-state index is -0.349. The predicted octanol–water partition coefficient (Wildman–Crippen LogP) is 5.33. The molecule has 0 spiro atoms. The fraction of sp³-hybridized carbons (Fsp3) is 0.0400. The number of para-hydroxylation sites is 1. The van der Waals surface area contributed by atoms with Gasteiger partial charge in [-0.3, -0.25) is 4.40 Å². The van der Waals surface area contributed by atoms with Crippen molar-refractivity contribution in [3.05, 3.63) is 96.9 Å². The quantitative estimate of drug-likeness (QED) is 0.342. The summed E-state index contributed by atoms with van der Waals surface area (Å²) in [7, 11) is 0. The molecule has 0 fully saturated rings. The van der Waals surface area contributed by atoms with Gasteiger partial charge in [0.05, 0.1) is 29.8 Å². The third-order valence-electron chi connectivity index (χ3n) is 5.58. The lowest BCUT2D eigenvalue weighted by atomic mass is 10.1. The number of fused-ring (bicyclic) bond motifs is 1. The fourth-order valence-electron chi connectivity index (χ4n) is 3.89. The molecule has 6 rings (SSSR count). The van der Waals surface area contributed by atoms with E-state index in [1.165, 1.54) is 24.6 Å². The molecule has 0 bridgehead atoms. The molecule has 0 aliphatic carbocycles. The van der Waals surface area contributed by atoms with Crippen LogP contribution in [0.5, 0.6) is 0 Å². The van der Waals surface area contributed by atoms with Crippen LogP contribution in [0.1, 0.15) is 5.82 Å². The van der Waals surface area contributed by atoms with Crippen LogP contribution in [0.3, 0.4) is 0 Å². The Kier molecular flexibility index (Phi) is 5.03. The minimum absolute atomic E-state index is 0.260. The number of halogens is 2. The first-order valence-electron chi connectivity index (χ1n) is 10.7. The van der Waals surface area contributed by atoms with E-state index in [0.29, 0.717) is 40.1 Å². The van der Waals surface area contributed by atoms with Gasteiger partial charge in [0.25, 0.3) is 0 Å². The largest absolute Gasteiger partial charge is 0.375 e. The molecule has 2 aromatic carbocycles. The second-order valence-corrected chi connectivity index (χ2v) is 7.79. The molecule has 6 aromatic rings. The summed E-state index contributed by atoms with van der Waals surface area (Å²) in [6, 6.07) is 16.3. The lowest BCUT2D eigenvalue weighted by Gasteiger charge is -2.05. The van der Waals surface area contributed by atoms with E-state index < -0.39 is 0 Å². The highest BCUT2D eigenvalue weighted by Crippen LogP contribution is 2.32. The van der Waals surface area contributed by atoms with Crippen molar-refractivity contribution in [2.75, 3.05) is 5.32 Å². The molecule has 0 atom stereocenters. The van der Waals surface area contributed by atoms with Crippen LogP contribution in [0, 0.1) is 11.6 Å². The van der Waals surface area contributed by atoms with E-state index in [4.69, 9.17) is 9.51 Å². The van der Waals surface area contributed by atoms with Crippen LogP contribution in [0.4, 0.5) is 14.5 Å². The van der Waals surface area contributed by atoms with E-state index in [9.17, 15) is 8.78 Å². The van der Waals surface area contributed by atoms with E-state index in [-0.39, 0.29) is 18.2 Å². The van der Waals surface area contributed by atoms with Gasteiger partial charge in [-0.1, -0.05) is 17.3 Å². The fourth-order valence-corrected chi connectivity index (χ4v) is 3.89. The SMILES string of the molecule is Fc1ccc(-c2[nH]c(CNc3ccccc3F)nc2-c2ccc3ncc(-c4ncon4)n3c2)cc1. The molecule has 0 radical (unpaired) electrons. The zero-order valence-corrected chi connectivity index (χ0v) is 18.1. The van der Waals surface area contributed by atoms with Crippen LogP contribution < -0.4 is 5.32 Å². The Morgan fingerprint density at radius 2 is 1.77 bits per heavy atom. The predicted molar refractivity (Wildman–Crippen MR) is 125 cm³/mol. The van der Waals surface area contributed by atoms with Crippen molar-refractivity contribution < 1.29 is 13.3 Å². The number of aromatic nitrogens is 6. The summed E-state index contributed by atoms with van der Waals surface area (Å²) in [6.45, 7) is 0.260. The highest BCUT2D eigenvalue weighted by molar-refractivity contribution is 5.79. The van der Waals surface area contributed by atoms with Gasteiger partial charge in [0.2, 0.25) is 12.2 Å². The lowest BCUT2D eigenvalue weighted by Crippen LogP contribution is -2.02. The van der Waals surface area contributed by atoms with Crippen molar-refractivity contribution >= 4 is 11.3 Å². The van der Waals surface area contributed by atoms with Crippen molar-refractivity contribution in [1.82, 2.24) is 29.5 Å². The average molecular weight is 469 g/mol. The van der Waals surface area contributed by atoms with Gasteiger partial charge in [0.1, 0.15) is 28.8 Å². The van der Waals surface area contributed by atoms with Gasteiger partial charge in [-0.05, 0) is 48.5 Å². The van der Waals surface area contributed by atoms with Gasteiger partial charge in [-0.2, -0.15) is 4.98 Å². The topological polar surface area (TPSA) is 96.9 Å². The maximum absolute atomic E-state index is 14.1. The molecule has 0 amide bonds. The van der Waals surface area contributed by atoms with Gasteiger partial charge < -0.3 is 14.8 Å². The molecule has 172 valence electrons.